The van der Waals surface area contributed by atoms with E-state index >= 15 is 0 Å². The summed E-state index contributed by atoms with van der Waals surface area (Å²) < 4.78 is 14.4. The van der Waals surface area contributed by atoms with Crippen LogP contribution in [-0.4, -0.2) is 24.7 Å². The van der Waals surface area contributed by atoms with Gasteiger partial charge in [0.05, 0.1) is 10.7 Å². The molecule has 0 bridgehead atoms. The molecule has 0 aromatic heterocycles. The van der Waals surface area contributed by atoms with Crippen LogP contribution in [0.2, 0.25) is 5.02 Å². The van der Waals surface area contributed by atoms with Crippen LogP contribution in [0.15, 0.2) is 18.2 Å². The fourth-order valence-electron chi connectivity index (χ4n) is 3.91. The van der Waals surface area contributed by atoms with Gasteiger partial charge in [-0.25, -0.2) is 4.39 Å². The van der Waals surface area contributed by atoms with Crippen LogP contribution in [0, 0.1) is 5.82 Å². The molecule has 0 radical (unpaired) electrons. The Bertz CT molecular complexity index is 479. The molecule has 1 atom stereocenters. The van der Waals surface area contributed by atoms with Crippen LogP contribution in [0.5, 0.6) is 0 Å². The van der Waals surface area contributed by atoms with Gasteiger partial charge < -0.3 is 10.2 Å². The Hall–Kier alpha value is -0.800. The number of benzene rings is 1. The molecule has 2 nitrogen and oxygen atoms in total. The standard InChI is InChI=1S/C17H24ClFN2/c1-2-13-11-20-17(9-4-3-5-10-17)12-21(13)16-14(18)7-6-8-15(16)19/h6-8,13,20H,2-5,9-12H2,1H3. The summed E-state index contributed by atoms with van der Waals surface area (Å²) in [6, 6.07) is 5.30. The minimum atomic E-state index is -0.200. The van der Waals surface area contributed by atoms with Gasteiger partial charge in [0.2, 0.25) is 0 Å². The second kappa shape index (κ2) is 6.13. The first kappa shape index (κ1) is 15.1. The van der Waals surface area contributed by atoms with Crippen molar-refractivity contribution in [3.63, 3.8) is 0 Å². The first-order chi connectivity index (χ1) is 10.2. The molecule has 1 heterocycles. The highest BCUT2D eigenvalue weighted by Gasteiger charge is 2.40. The summed E-state index contributed by atoms with van der Waals surface area (Å²) >= 11 is 6.31. The summed E-state index contributed by atoms with van der Waals surface area (Å²) in [6.07, 6.45) is 7.22. The Balaban J connectivity index is 1.92. The smallest absolute Gasteiger partial charge is 0.148 e. The van der Waals surface area contributed by atoms with E-state index in [4.69, 9.17) is 11.6 Å². The van der Waals surface area contributed by atoms with E-state index in [-0.39, 0.29) is 11.4 Å². The number of hydrogen-bond donors (Lipinski definition) is 1. The van der Waals surface area contributed by atoms with E-state index in [0.717, 1.165) is 19.5 Å². The van der Waals surface area contributed by atoms with Crippen molar-refractivity contribution in [2.24, 2.45) is 0 Å². The first-order valence-electron chi connectivity index (χ1n) is 8.11. The fourth-order valence-corrected chi connectivity index (χ4v) is 4.18. The topological polar surface area (TPSA) is 15.3 Å². The van der Waals surface area contributed by atoms with Crippen LogP contribution in [0.4, 0.5) is 10.1 Å². The maximum Gasteiger partial charge on any atom is 0.148 e. The number of nitrogens with one attached hydrogen (secondary N) is 1. The highest BCUT2D eigenvalue weighted by Crippen LogP contribution is 2.38. The summed E-state index contributed by atoms with van der Waals surface area (Å²) in [6.45, 7) is 3.94. The molecular formula is C17H24ClFN2. The third-order valence-corrected chi connectivity index (χ3v) is 5.44. The van der Waals surface area contributed by atoms with E-state index in [1.165, 1.54) is 38.2 Å². The van der Waals surface area contributed by atoms with Crippen molar-refractivity contribution in [3.05, 3.63) is 29.0 Å². The van der Waals surface area contributed by atoms with Crippen LogP contribution in [-0.2, 0) is 0 Å². The molecule has 1 saturated carbocycles. The van der Waals surface area contributed by atoms with E-state index in [0.29, 0.717) is 16.8 Å². The molecule has 3 rings (SSSR count). The Labute approximate surface area is 131 Å². The zero-order valence-corrected chi connectivity index (χ0v) is 13.4. The fraction of sp³-hybridized carbons (Fsp3) is 0.647. The van der Waals surface area contributed by atoms with E-state index in [1.807, 2.05) is 0 Å². The highest BCUT2D eigenvalue weighted by atomic mass is 35.5. The van der Waals surface area contributed by atoms with Gasteiger partial charge >= 0.3 is 0 Å². The van der Waals surface area contributed by atoms with Crippen molar-refractivity contribution < 1.29 is 4.39 Å². The molecule has 116 valence electrons. The molecule has 1 aromatic rings. The molecule has 1 unspecified atom stereocenters. The Morgan fingerprint density at radius 3 is 2.76 bits per heavy atom. The van der Waals surface area contributed by atoms with E-state index in [2.05, 4.69) is 17.1 Å². The predicted octanol–water partition coefficient (Wildman–Crippen LogP) is 4.37. The van der Waals surface area contributed by atoms with Gasteiger partial charge in [0.15, 0.2) is 0 Å². The lowest BCUT2D eigenvalue weighted by atomic mass is 9.79. The summed E-state index contributed by atoms with van der Waals surface area (Å²) in [4.78, 5) is 2.22. The molecular weight excluding hydrogens is 287 g/mol. The highest BCUT2D eigenvalue weighted by molar-refractivity contribution is 6.33. The number of piperazine rings is 1. The lowest BCUT2D eigenvalue weighted by molar-refractivity contribution is 0.195. The minimum Gasteiger partial charge on any atom is -0.362 e. The Morgan fingerprint density at radius 1 is 1.33 bits per heavy atom. The van der Waals surface area contributed by atoms with Crippen LogP contribution in [0.25, 0.3) is 0 Å². The monoisotopic (exact) mass is 310 g/mol. The third kappa shape index (κ3) is 2.91. The third-order valence-electron chi connectivity index (χ3n) is 5.13. The van der Waals surface area contributed by atoms with E-state index in [9.17, 15) is 4.39 Å². The van der Waals surface area contributed by atoms with Crippen molar-refractivity contribution in [3.8, 4) is 0 Å². The van der Waals surface area contributed by atoms with Crippen molar-refractivity contribution in [2.45, 2.75) is 57.0 Å². The largest absolute Gasteiger partial charge is 0.362 e. The zero-order chi connectivity index (χ0) is 14.9. The average Bonchev–Trinajstić information content (AvgIpc) is 2.48. The molecule has 2 fully saturated rings. The number of rotatable bonds is 2. The van der Waals surface area contributed by atoms with Crippen molar-refractivity contribution in [1.29, 1.82) is 0 Å². The SMILES string of the molecule is CCC1CNC2(CCCCC2)CN1c1c(F)cccc1Cl. The van der Waals surface area contributed by atoms with Gasteiger partial charge in [-0.2, -0.15) is 0 Å². The van der Waals surface area contributed by atoms with Gasteiger partial charge in [0.25, 0.3) is 0 Å². The normalized spacial score (nSPS) is 25.3. The number of anilines is 1. The lowest BCUT2D eigenvalue weighted by Gasteiger charge is -2.50. The molecule has 0 amide bonds. The van der Waals surface area contributed by atoms with Gasteiger partial charge in [-0.05, 0) is 31.4 Å². The summed E-state index contributed by atoms with van der Waals surface area (Å²) in [5.41, 5.74) is 0.743. The van der Waals surface area contributed by atoms with Gasteiger partial charge in [-0.3, -0.25) is 0 Å². The van der Waals surface area contributed by atoms with Gasteiger partial charge in [0.1, 0.15) is 5.82 Å². The summed E-state index contributed by atoms with van der Waals surface area (Å²) in [5.74, 6) is -0.200. The second-order valence-electron chi connectivity index (χ2n) is 6.48. The maximum absolute atomic E-state index is 14.4. The van der Waals surface area contributed by atoms with Crippen LogP contribution in [0.1, 0.15) is 45.4 Å². The molecule has 21 heavy (non-hydrogen) atoms. The van der Waals surface area contributed by atoms with Crippen LogP contribution < -0.4 is 10.2 Å². The van der Waals surface area contributed by atoms with Crippen LogP contribution >= 0.6 is 11.6 Å². The maximum atomic E-state index is 14.4. The number of hydrogen-bond acceptors (Lipinski definition) is 2. The van der Waals surface area contributed by atoms with E-state index in [1.54, 1.807) is 12.1 Å². The Kier molecular flexibility index (Phi) is 4.41. The van der Waals surface area contributed by atoms with Gasteiger partial charge in [0, 0.05) is 24.7 Å². The summed E-state index contributed by atoms with van der Waals surface area (Å²) in [5, 5.41) is 4.30. The molecule has 1 N–H and O–H groups in total. The van der Waals surface area contributed by atoms with Crippen molar-refractivity contribution >= 4 is 17.3 Å². The lowest BCUT2D eigenvalue weighted by Crippen LogP contribution is -2.65. The average molecular weight is 311 g/mol. The molecule has 1 spiro atoms. The zero-order valence-electron chi connectivity index (χ0n) is 12.7. The first-order valence-corrected chi connectivity index (χ1v) is 8.49. The van der Waals surface area contributed by atoms with Gasteiger partial charge in [-0.15, -0.1) is 0 Å². The number of nitrogens with zero attached hydrogens (tertiary/aromatic N) is 1. The van der Waals surface area contributed by atoms with E-state index < -0.39 is 0 Å². The van der Waals surface area contributed by atoms with Crippen LogP contribution in [0.3, 0.4) is 0 Å². The molecule has 1 aliphatic heterocycles. The minimum absolute atomic E-state index is 0.148. The molecule has 4 heteroatoms. The quantitative estimate of drug-likeness (QED) is 0.872. The molecule has 1 aliphatic carbocycles. The van der Waals surface area contributed by atoms with Crippen molar-refractivity contribution in [2.75, 3.05) is 18.0 Å². The summed E-state index contributed by atoms with van der Waals surface area (Å²) in [7, 11) is 0. The number of para-hydroxylation sites is 1. The molecule has 2 aliphatic rings. The Morgan fingerprint density at radius 2 is 2.10 bits per heavy atom. The van der Waals surface area contributed by atoms with Crippen molar-refractivity contribution in [1.82, 2.24) is 5.32 Å². The second-order valence-corrected chi connectivity index (χ2v) is 6.89. The van der Waals surface area contributed by atoms with Gasteiger partial charge in [-0.1, -0.05) is 43.9 Å². The molecule has 1 saturated heterocycles. The predicted molar refractivity (Wildman–Crippen MR) is 86.7 cm³/mol. The number of halogens is 2. The molecule has 1 aromatic carbocycles.